The van der Waals surface area contributed by atoms with Crippen LogP contribution in [0.5, 0.6) is 0 Å². The predicted molar refractivity (Wildman–Crippen MR) is 106 cm³/mol. The largest absolute Gasteiger partial charge is 0.382 e. The molecule has 1 unspecified atom stereocenters. The van der Waals surface area contributed by atoms with E-state index in [2.05, 4.69) is 47.2 Å². The van der Waals surface area contributed by atoms with Crippen LogP contribution in [0, 0.1) is 13.8 Å². The van der Waals surface area contributed by atoms with Crippen molar-refractivity contribution >= 4 is 0 Å². The summed E-state index contributed by atoms with van der Waals surface area (Å²) in [6.07, 6.45) is 1.35. The van der Waals surface area contributed by atoms with Crippen molar-refractivity contribution in [3.8, 4) is 0 Å². The topological polar surface area (TPSA) is 37.0 Å². The number of ether oxygens (including phenoxy) is 2. The Morgan fingerprint density at radius 1 is 1.12 bits per heavy atom. The number of hydrogen-bond acceptors (Lipinski definition) is 5. The summed E-state index contributed by atoms with van der Waals surface area (Å²) in [7, 11) is 1.75. The third kappa shape index (κ3) is 5.76. The van der Waals surface area contributed by atoms with Crippen LogP contribution in [0.1, 0.15) is 16.7 Å². The molecule has 146 valence electrons. The van der Waals surface area contributed by atoms with Crippen LogP contribution < -0.4 is 5.32 Å². The van der Waals surface area contributed by atoms with E-state index in [1.165, 1.54) is 16.7 Å². The monoisotopic (exact) mass is 361 g/mol. The van der Waals surface area contributed by atoms with Crippen LogP contribution in [0.2, 0.25) is 0 Å². The molecular formula is C21H35N3O2. The second-order valence-corrected chi connectivity index (χ2v) is 7.82. The van der Waals surface area contributed by atoms with Crippen molar-refractivity contribution in [1.82, 2.24) is 15.1 Å². The maximum atomic E-state index is 5.75. The standard InChI is InChI=1S/C21H35N3O2/c1-17-4-5-19(12-18(17)2)13-20-14-23(7-6-22-20)8-9-24-10-11-26-21(15-24)16-25-3/h4-5,12,20-22H,6-11,13-16H2,1-3H3/t20?,21-/m1/s1. The Morgan fingerprint density at radius 2 is 1.92 bits per heavy atom. The molecule has 0 radical (unpaired) electrons. The van der Waals surface area contributed by atoms with Gasteiger partial charge in [0.25, 0.3) is 0 Å². The van der Waals surface area contributed by atoms with Crippen LogP contribution in [0.15, 0.2) is 18.2 Å². The van der Waals surface area contributed by atoms with Gasteiger partial charge in [0.2, 0.25) is 0 Å². The van der Waals surface area contributed by atoms with E-state index in [4.69, 9.17) is 9.47 Å². The van der Waals surface area contributed by atoms with E-state index < -0.39 is 0 Å². The fourth-order valence-corrected chi connectivity index (χ4v) is 4.00. The molecule has 5 heteroatoms. The van der Waals surface area contributed by atoms with Crippen LogP contribution >= 0.6 is 0 Å². The highest BCUT2D eigenvalue weighted by Gasteiger charge is 2.23. The van der Waals surface area contributed by atoms with Gasteiger partial charge in [-0.15, -0.1) is 0 Å². The van der Waals surface area contributed by atoms with Crippen LogP contribution in [-0.2, 0) is 15.9 Å². The van der Waals surface area contributed by atoms with E-state index >= 15 is 0 Å². The molecule has 0 aliphatic carbocycles. The van der Waals surface area contributed by atoms with Crippen LogP contribution in [0.4, 0.5) is 0 Å². The number of benzene rings is 1. The molecular weight excluding hydrogens is 326 g/mol. The Balaban J connectivity index is 1.44. The van der Waals surface area contributed by atoms with Gasteiger partial charge in [0.05, 0.1) is 19.3 Å². The summed E-state index contributed by atoms with van der Waals surface area (Å²) >= 11 is 0. The molecule has 1 N–H and O–H groups in total. The predicted octanol–water partition coefficient (Wildman–Crippen LogP) is 1.47. The van der Waals surface area contributed by atoms with Gasteiger partial charge in [-0.1, -0.05) is 18.2 Å². The number of piperazine rings is 1. The fraction of sp³-hybridized carbons (Fsp3) is 0.714. The first-order chi connectivity index (χ1) is 12.6. The number of nitrogens with zero attached hydrogens (tertiary/aromatic N) is 2. The lowest BCUT2D eigenvalue weighted by molar-refractivity contribution is -0.0624. The first-order valence-electron chi connectivity index (χ1n) is 9.99. The third-order valence-electron chi connectivity index (χ3n) is 5.70. The highest BCUT2D eigenvalue weighted by atomic mass is 16.5. The third-order valence-corrected chi connectivity index (χ3v) is 5.70. The molecule has 1 aromatic carbocycles. The molecule has 1 aromatic rings. The van der Waals surface area contributed by atoms with E-state index in [1.807, 2.05) is 0 Å². The summed E-state index contributed by atoms with van der Waals surface area (Å²) in [5, 5.41) is 3.70. The molecule has 26 heavy (non-hydrogen) atoms. The van der Waals surface area contributed by atoms with Crippen molar-refractivity contribution in [2.45, 2.75) is 32.4 Å². The zero-order chi connectivity index (χ0) is 18.4. The molecule has 2 saturated heterocycles. The van der Waals surface area contributed by atoms with Gasteiger partial charge in [-0.3, -0.25) is 9.80 Å². The van der Waals surface area contributed by atoms with Crippen molar-refractivity contribution < 1.29 is 9.47 Å². The van der Waals surface area contributed by atoms with E-state index in [0.29, 0.717) is 12.6 Å². The van der Waals surface area contributed by atoms with E-state index in [0.717, 1.165) is 58.8 Å². The van der Waals surface area contributed by atoms with E-state index in [-0.39, 0.29) is 6.10 Å². The smallest absolute Gasteiger partial charge is 0.0935 e. The second-order valence-electron chi connectivity index (χ2n) is 7.82. The number of hydrogen-bond donors (Lipinski definition) is 1. The summed E-state index contributed by atoms with van der Waals surface area (Å²) in [4.78, 5) is 5.14. The average Bonchev–Trinajstić information content (AvgIpc) is 2.64. The molecule has 2 aliphatic heterocycles. The van der Waals surface area contributed by atoms with Crippen LogP contribution in [-0.4, -0.2) is 88.1 Å². The van der Waals surface area contributed by atoms with Gasteiger partial charge in [-0.25, -0.2) is 0 Å². The Hall–Kier alpha value is -0.980. The van der Waals surface area contributed by atoms with Gasteiger partial charge in [0.15, 0.2) is 0 Å². The molecule has 2 atom stereocenters. The minimum absolute atomic E-state index is 0.231. The molecule has 0 spiro atoms. The number of aryl methyl sites for hydroxylation is 2. The van der Waals surface area contributed by atoms with Crippen LogP contribution in [0.25, 0.3) is 0 Å². The Morgan fingerprint density at radius 3 is 2.69 bits per heavy atom. The summed E-state index contributed by atoms with van der Waals surface area (Å²) in [5.41, 5.74) is 4.22. The molecule has 2 fully saturated rings. The number of nitrogens with one attached hydrogen (secondary N) is 1. The van der Waals surface area contributed by atoms with Gasteiger partial charge in [-0.2, -0.15) is 0 Å². The number of methoxy groups -OCH3 is 1. The van der Waals surface area contributed by atoms with Crippen LogP contribution in [0.3, 0.4) is 0 Å². The van der Waals surface area contributed by atoms with Crippen molar-refractivity contribution in [2.24, 2.45) is 0 Å². The molecule has 2 aliphatic rings. The van der Waals surface area contributed by atoms with Gasteiger partial charge in [0.1, 0.15) is 0 Å². The normalized spacial score (nSPS) is 25.5. The molecule has 0 bridgehead atoms. The molecule has 0 aromatic heterocycles. The summed E-state index contributed by atoms with van der Waals surface area (Å²) < 4.78 is 11.0. The van der Waals surface area contributed by atoms with E-state index in [1.54, 1.807) is 7.11 Å². The van der Waals surface area contributed by atoms with Crippen molar-refractivity contribution in [2.75, 3.05) is 66.1 Å². The zero-order valence-electron chi connectivity index (χ0n) is 16.7. The number of morpholine rings is 1. The number of rotatable bonds is 7. The van der Waals surface area contributed by atoms with Crippen molar-refractivity contribution in [3.63, 3.8) is 0 Å². The first-order valence-corrected chi connectivity index (χ1v) is 9.99. The van der Waals surface area contributed by atoms with Crippen molar-refractivity contribution in [3.05, 3.63) is 34.9 Å². The lowest BCUT2D eigenvalue weighted by atomic mass is 10.00. The molecule has 2 heterocycles. The Kier molecular flexibility index (Phi) is 7.46. The maximum absolute atomic E-state index is 5.75. The van der Waals surface area contributed by atoms with E-state index in [9.17, 15) is 0 Å². The fourth-order valence-electron chi connectivity index (χ4n) is 4.00. The minimum Gasteiger partial charge on any atom is -0.382 e. The minimum atomic E-state index is 0.231. The molecule has 3 rings (SSSR count). The quantitative estimate of drug-likeness (QED) is 0.796. The average molecular weight is 362 g/mol. The Labute approximate surface area is 158 Å². The van der Waals surface area contributed by atoms with Crippen molar-refractivity contribution in [1.29, 1.82) is 0 Å². The second kappa shape index (κ2) is 9.81. The van der Waals surface area contributed by atoms with Gasteiger partial charge >= 0.3 is 0 Å². The maximum Gasteiger partial charge on any atom is 0.0935 e. The highest BCUT2D eigenvalue weighted by Crippen LogP contribution is 2.13. The molecule has 0 saturated carbocycles. The Bertz CT molecular complexity index is 564. The lowest BCUT2D eigenvalue weighted by Crippen LogP contribution is -2.54. The zero-order valence-corrected chi connectivity index (χ0v) is 16.7. The first kappa shape index (κ1) is 19.8. The lowest BCUT2D eigenvalue weighted by Gasteiger charge is -2.37. The van der Waals surface area contributed by atoms with Gasteiger partial charge < -0.3 is 14.8 Å². The molecule has 5 nitrogen and oxygen atoms in total. The SMILES string of the molecule is COC[C@H]1CN(CCN2CCNC(Cc3ccc(C)c(C)c3)C2)CCO1. The summed E-state index contributed by atoms with van der Waals surface area (Å²) in [6, 6.07) is 7.43. The van der Waals surface area contributed by atoms with Gasteiger partial charge in [0, 0.05) is 59.0 Å². The molecule has 0 amide bonds. The highest BCUT2D eigenvalue weighted by molar-refractivity contribution is 5.30. The summed E-state index contributed by atoms with van der Waals surface area (Å²) in [5.74, 6) is 0. The van der Waals surface area contributed by atoms with Gasteiger partial charge in [-0.05, 0) is 37.0 Å². The summed E-state index contributed by atoms with van der Waals surface area (Å²) in [6.45, 7) is 13.6.